The van der Waals surface area contributed by atoms with Crippen LogP contribution in [0.25, 0.3) is 75.9 Å². The third kappa shape index (κ3) is 5.00. The number of para-hydroxylation sites is 1. The highest BCUT2D eigenvalue weighted by molar-refractivity contribution is 7.26. The van der Waals surface area contributed by atoms with Crippen LogP contribution in [0.3, 0.4) is 0 Å². The van der Waals surface area contributed by atoms with Crippen LogP contribution in [-0.2, 0) is 6.42 Å². The third-order valence-electron chi connectivity index (χ3n) is 11.6. The average molecular weight is 751 g/mol. The fourth-order valence-corrected chi connectivity index (χ4v) is 10.3. The van der Waals surface area contributed by atoms with Crippen molar-refractivity contribution in [2.45, 2.75) is 19.0 Å². The summed E-state index contributed by atoms with van der Waals surface area (Å²) in [6, 6.07) is 55.8. The van der Waals surface area contributed by atoms with Crippen molar-refractivity contribution < 1.29 is 4.42 Å². The number of aromatic nitrogens is 1. The van der Waals surface area contributed by atoms with Crippen molar-refractivity contribution in [3.05, 3.63) is 192 Å². The molecule has 1 aliphatic carbocycles. The van der Waals surface area contributed by atoms with Crippen molar-refractivity contribution in [2.75, 3.05) is 0 Å². The Labute approximate surface area is 332 Å². The second kappa shape index (κ2) is 12.8. The molecule has 10 aromatic rings. The van der Waals surface area contributed by atoms with Gasteiger partial charge in [-0.15, -0.1) is 11.3 Å². The summed E-state index contributed by atoms with van der Waals surface area (Å²) >= 11 is 1.83. The van der Waals surface area contributed by atoms with Crippen molar-refractivity contribution in [2.24, 2.45) is 9.98 Å². The third-order valence-corrected chi connectivity index (χ3v) is 12.7. The topological polar surface area (TPSA) is 54.8 Å². The van der Waals surface area contributed by atoms with E-state index in [4.69, 9.17) is 14.4 Å². The summed E-state index contributed by atoms with van der Waals surface area (Å²) in [5, 5.41) is 9.72. The summed E-state index contributed by atoms with van der Waals surface area (Å²) in [4.78, 5) is 10.4. The quantitative estimate of drug-likeness (QED) is 0.190. The molecule has 0 saturated heterocycles. The summed E-state index contributed by atoms with van der Waals surface area (Å²) in [6.45, 7) is 0. The lowest BCUT2D eigenvalue weighted by Gasteiger charge is -2.24. The molecule has 57 heavy (non-hydrogen) atoms. The maximum Gasteiger partial charge on any atom is 0.159 e. The van der Waals surface area contributed by atoms with Gasteiger partial charge in [-0.25, -0.2) is 9.98 Å². The molecule has 2 aliphatic rings. The Morgan fingerprint density at radius 2 is 1.30 bits per heavy atom. The SMILES string of the molecule is C1=Cc2c(n(-c3cccc4oc5cccc(-c6cccc7sc8cccc(C9N=C(c%10ccccc%10)N=C(c%10ccccc%10)N9)c8c67)c5c34)c3ccccc23)CC1. The maximum absolute atomic E-state index is 6.75. The molecule has 7 aromatic carbocycles. The Bertz CT molecular complexity index is 3330. The van der Waals surface area contributed by atoms with E-state index in [1.54, 1.807) is 0 Å². The molecular weight excluding hydrogens is 717 g/mol. The molecule has 12 rings (SSSR count). The Balaban J connectivity index is 1.11. The Kier molecular flexibility index (Phi) is 7.22. The van der Waals surface area contributed by atoms with Gasteiger partial charge in [0.25, 0.3) is 0 Å². The maximum atomic E-state index is 6.75. The van der Waals surface area contributed by atoms with E-state index in [1.807, 2.05) is 35.6 Å². The highest BCUT2D eigenvalue weighted by Crippen LogP contribution is 2.47. The standard InChI is InChI=1S/C51H34N4OS/c1-3-15-31(16-4-1)49-52-50(32-17-5-2-6-18-32)54-51(53-49)37-23-13-30-44-47(37)46-36(22-12-29-43(46)57-44)35-21-11-27-41-45(35)48-40(26-14-28-42(48)56-41)55-38-24-9-7-19-33(38)34-20-8-10-25-39(34)55/h1-9,11-24,26-30,51H,10,25H2,(H,52,53,54). The van der Waals surface area contributed by atoms with Crippen LogP contribution in [0.15, 0.2) is 178 Å². The molecule has 270 valence electrons. The van der Waals surface area contributed by atoms with E-state index >= 15 is 0 Å². The molecule has 0 amide bonds. The van der Waals surface area contributed by atoms with Gasteiger partial charge < -0.3 is 14.3 Å². The largest absolute Gasteiger partial charge is 0.456 e. The Morgan fingerprint density at radius 3 is 2.14 bits per heavy atom. The van der Waals surface area contributed by atoms with Gasteiger partial charge in [-0.2, -0.15) is 0 Å². The number of thiophene rings is 1. The van der Waals surface area contributed by atoms with E-state index in [-0.39, 0.29) is 6.17 Å². The molecule has 1 N–H and O–H groups in total. The number of hydrogen-bond donors (Lipinski definition) is 1. The predicted octanol–water partition coefficient (Wildman–Crippen LogP) is 13.0. The van der Waals surface area contributed by atoms with Gasteiger partial charge in [0.1, 0.15) is 23.2 Å². The molecule has 0 fully saturated rings. The molecule has 0 radical (unpaired) electrons. The fraction of sp³-hybridized carbons (Fsp3) is 0.0588. The van der Waals surface area contributed by atoms with Gasteiger partial charge in [-0.3, -0.25) is 0 Å². The first-order valence-corrected chi connectivity index (χ1v) is 20.3. The molecule has 5 nitrogen and oxygen atoms in total. The summed E-state index contributed by atoms with van der Waals surface area (Å²) in [5.41, 5.74) is 12.3. The number of nitrogens with zero attached hydrogens (tertiary/aromatic N) is 3. The summed E-state index contributed by atoms with van der Waals surface area (Å²) in [7, 11) is 0. The second-order valence-corrected chi connectivity index (χ2v) is 15.9. The van der Waals surface area contributed by atoms with Crippen LogP contribution < -0.4 is 5.32 Å². The predicted molar refractivity (Wildman–Crippen MR) is 238 cm³/mol. The zero-order valence-corrected chi connectivity index (χ0v) is 31.6. The first kappa shape index (κ1) is 32.2. The minimum Gasteiger partial charge on any atom is -0.456 e. The number of benzene rings is 7. The molecular formula is C51H34N4OS. The zero-order valence-electron chi connectivity index (χ0n) is 30.8. The van der Waals surface area contributed by atoms with E-state index in [0.717, 1.165) is 68.6 Å². The number of amidine groups is 2. The van der Waals surface area contributed by atoms with Gasteiger partial charge in [0, 0.05) is 58.9 Å². The molecule has 0 saturated carbocycles. The summed E-state index contributed by atoms with van der Waals surface area (Å²) < 4.78 is 11.7. The van der Waals surface area contributed by atoms with Crippen LogP contribution in [0.2, 0.25) is 0 Å². The monoisotopic (exact) mass is 750 g/mol. The van der Waals surface area contributed by atoms with Crippen molar-refractivity contribution in [3.63, 3.8) is 0 Å². The molecule has 0 bridgehead atoms. The van der Waals surface area contributed by atoms with E-state index in [2.05, 4.69) is 155 Å². The number of allylic oxidation sites excluding steroid dienone is 1. The van der Waals surface area contributed by atoms with Crippen LogP contribution in [0.4, 0.5) is 0 Å². The van der Waals surface area contributed by atoms with Crippen LogP contribution in [0.1, 0.15) is 40.5 Å². The Hall–Kier alpha value is -7.02. The smallest absolute Gasteiger partial charge is 0.159 e. The number of aliphatic imine (C=N–C) groups is 2. The lowest BCUT2D eigenvalue weighted by molar-refractivity contribution is 0.669. The van der Waals surface area contributed by atoms with Crippen molar-refractivity contribution in [1.82, 2.24) is 9.88 Å². The van der Waals surface area contributed by atoms with Crippen molar-refractivity contribution in [3.8, 4) is 16.8 Å². The molecule has 6 heteroatoms. The summed E-state index contributed by atoms with van der Waals surface area (Å²) in [6.07, 6.45) is 6.26. The van der Waals surface area contributed by atoms with Crippen molar-refractivity contribution in [1.29, 1.82) is 0 Å². The minimum absolute atomic E-state index is 0.359. The van der Waals surface area contributed by atoms with Gasteiger partial charge in [0.15, 0.2) is 5.84 Å². The lowest BCUT2D eigenvalue weighted by Crippen LogP contribution is -2.33. The molecule has 4 heterocycles. The average Bonchev–Trinajstić information content (AvgIpc) is 3.97. The minimum atomic E-state index is -0.359. The molecule has 0 spiro atoms. The van der Waals surface area contributed by atoms with E-state index in [0.29, 0.717) is 5.84 Å². The van der Waals surface area contributed by atoms with Crippen molar-refractivity contribution >= 4 is 82.1 Å². The highest BCUT2D eigenvalue weighted by atomic mass is 32.1. The second-order valence-electron chi connectivity index (χ2n) is 14.8. The molecule has 3 aromatic heterocycles. The van der Waals surface area contributed by atoms with Gasteiger partial charge in [0.2, 0.25) is 0 Å². The fourth-order valence-electron chi connectivity index (χ4n) is 9.12. The Morgan fingerprint density at radius 1 is 0.614 bits per heavy atom. The van der Waals surface area contributed by atoms with Crippen LogP contribution >= 0.6 is 11.3 Å². The van der Waals surface area contributed by atoms with Crippen LogP contribution in [0.5, 0.6) is 0 Å². The van der Waals surface area contributed by atoms with E-state index in [1.165, 1.54) is 47.9 Å². The highest BCUT2D eigenvalue weighted by Gasteiger charge is 2.27. The van der Waals surface area contributed by atoms with E-state index in [9.17, 15) is 0 Å². The van der Waals surface area contributed by atoms with E-state index < -0.39 is 0 Å². The van der Waals surface area contributed by atoms with Gasteiger partial charge in [-0.1, -0.05) is 133 Å². The normalized spacial score (nSPS) is 15.3. The zero-order chi connectivity index (χ0) is 37.5. The number of rotatable bonds is 5. The van der Waals surface area contributed by atoms with Gasteiger partial charge >= 0.3 is 0 Å². The first-order chi connectivity index (χ1) is 28.3. The number of fused-ring (bicyclic) bond motifs is 9. The molecule has 1 unspecified atom stereocenters. The molecule has 1 aliphatic heterocycles. The number of nitrogens with one attached hydrogen (secondary N) is 1. The summed E-state index contributed by atoms with van der Waals surface area (Å²) in [5.74, 6) is 1.52. The van der Waals surface area contributed by atoms with Gasteiger partial charge in [0.05, 0.1) is 16.6 Å². The number of hydrogen-bond acceptors (Lipinski definition) is 5. The lowest BCUT2D eigenvalue weighted by atomic mass is 9.93. The molecule has 1 atom stereocenters. The van der Waals surface area contributed by atoms with Crippen LogP contribution in [0, 0.1) is 0 Å². The van der Waals surface area contributed by atoms with Crippen LogP contribution in [-0.4, -0.2) is 16.2 Å². The first-order valence-electron chi connectivity index (χ1n) is 19.5. The van der Waals surface area contributed by atoms with Gasteiger partial charge in [-0.05, 0) is 60.4 Å². The number of furan rings is 1.